The van der Waals surface area contributed by atoms with E-state index in [4.69, 9.17) is 4.74 Å². The highest BCUT2D eigenvalue weighted by Gasteiger charge is 2.22. The van der Waals surface area contributed by atoms with E-state index in [-0.39, 0.29) is 0 Å². The van der Waals surface area contributed by atoms with E-state index >= 15 is 0 Å². The molecule has 1 saturated carbocycles. The van der Waals surface area contributed by atoms with Gasteiger partial charge >= 0.3 is 0 Å². The Morgan fingerprint density at radius 2 is 2.17 bits per heavy atom. The monoisotopic (exact) mass is 247 g/mol. The van der Waals surface area contributed by atoms with E-state index in [0.717, 1.165) is 31.2 Å². The Labute approximate surface area is 111 Å². The summed E-state index contributed by atoms with van der Waals surface area (Å²) >= 11 is 0. The maximum atomic E-state index is 5.98. The maximum Gasteiger partial charge on any atom is 0.124 e. The van der Waals surface area contributed by atoms with Crippen molar-refractivity contribution < 1.29 is 4.74 Å². The molecule has 0 radical (unpaired) electrons. The summed E-state index contributed by atoms with van der Waals surface area (Å²) in [5, 5.41) is 3.54. The Balaban J connectivity index is 2.05. The van der Waals surface area contributed by atoms with Crippen molar-refractivity contribution in [2.75, 3.05) is 13.2 Å². The van der Waals surface area contributed by atoms with Crippen LogP contribution in [-0.4, -0.2) is 13.2 Å². The molecule has 0 spiro atoms. The van der Waals surface area contributed by atoms with Gasteiger partial charge in [-0.1, -0.05) is 24.6 Å². The van der Waals surface area contributed by atoms with Crippen LogP contribution in [0.1, 0.15) is 50.3 Å². The predicted octanol–water partition coefficient (Wildman–Crippen LogP) is 3.84. The van der Waals surface area contributed by atoms with Crippen molar-refractivity contribution in [1.82, 2.24) is 5.32 Å². The number of ether oxygens (including phenoxy) is 1. The molecule has 0 saturated heterocycles. The molecule has 1 unspecified atom stereocenters. The summed E-state index contributed by atoms with van der Waals surface area (Å²) in [7, 11) is 0. The zero-order valence-corrected chi connectivity index (χ0v) is 11.8. The van der Waals surface area contributed by atoms with Gasteiger partial charge in [0.1, 0.15) is 5.75 Å². The molecule has 1 N–H and O–H groups in total. The van der Waals surface area contributed by atoms with Crippen LogP contribution in [0.15, 0.2) is 18.2 Å². The Morgan fingerprint density at radius 3 is 2.83 bits per heavy atom. The number of hydrogen-bond donors (Lipinski definition) is 1. The molecular weight excluding hydrogens is 222 g/mol. The van der Waals surface area contributed by atoms with Crippen molar-refractivity contribution in [2.45, 2.75) is 46.1 Å². The van der Waals surface area contributed by atoms with Crippen molar-refractivity contribution in [3.8, 4) is 5.75 Å². The van der Waals surface area contributed by atoms with Crippen molar-refractivity contribution in [1.29, 1.82) is 0 Å². The molecule has 2 nitrogen and oxygen atoms in total. The van der Waals surface area contributed by atoms with Crippen molar-refractivity contribution in [3.05, 3.63) is 29.3 Å². The fourth-order valence-electron chi connectivity index (χ4n) is 2.10. The van der Waals surface area contributed by atoms with Crippen LogP contribution in [0.4, 0.5) is 0 Å². The highest BCUT2D eigenvalue weighted by atomic mass is 16.5. The second kappa shape index (κ2) is 6.24. The molecule has 100 valence electrons. The van der Waals surface area contributed by atoms with E-state index in [1.165, 1.54) is 24.0 Å². The van der Waals surface area contributed by atoms with Gasteiger partial charge in [0.05, 0.1) is 6.61 Å². The van der Waals surface area contributed by atoms with Gasteiger partial charge in [-0.2, -0.15) is 0 Å². The van der Waals surface area contributed by atoms with E-state index in [2.05, 4.69) is 44.3 Å². The average Bonchev–Trinajstić information content (AvgIpc) is 3.18. The van der Waals surface area contributed by atoms with Crippen LogP contribution in [0.3, 0.4) is 0 Å². The molecule has 0 bridgehead atoms. The number of aryl methyl sites for hydroxylation is 1. The minimum absolute atomic E-state index is 0.360. The average molecular weight is 247 g/mol. The highest BCUT2D eigenvalue weighted by Crippen LogP contribution is 2.32. The molecule has 2 rings (SSSR count). The van der Waals surface area contributed by atoms with Crippen molar-refractivity contribution in [3.63, 3.8) is 0 Å². The molecule has 1 aliphatic rings. The summed E-state index contributed by atoms with van der Waals surface area (Å²) < 4.78 is 5.98. The first-order valence-corrected chi connectivity index (χ1v) is 7.17. The Kier molecular flexibility index (Phi) is 4.65. The summed E-state index contributed by atoms with van der Waals surface area (Å²) in [6, 6.07) is 6.87. The lowest BCUT2D eigenvalue weighted by Gasteiger charge is -2.19. The van der Waals surface area contributed by atoms with Gasteiger partial charge in [-0.15, -0.1) is 0 Å². The molecule has 2 heteroatoms. The predicted molar refractivity (Wildman–Crippen MR) is 76.1 cm³/mol. The summed E-state index contributed by atoms with van der Waals surface area (Å²) in [5.74, 6) is 1.86. The number of benzene rings is 1. The second-order valence-corrected chi connectivity index (χ2v) is 5.47. The lowest BCUT2D eigenvalue weighted by molar-refractivity contribution is 0.294. The lowest BCUT2D eigenvalue weighted by atomic mass is 10.0. The zero-order chi connectivity index (χ0) is 13.0. The molecule has 0 aromatic heterocycles. The molecule has 0 heterocycles. The maximum absolute atomic E-state index is 5.98. The van der Waals surface area contributed by atoms with E-state index in [1.54, 1.807) is 0 Å². The van der Waals surface area contributed by atoms with E-state index in [1.807, 2.05) is 0 Å². The molecule has 1 atom stereocenters. The fraction of sp³-hybridized carbons (Fsp3) is 0.625. The van der Waals surface area contributed by atoms with Crippen molar-refractivity contribution in [2.24, 2.45) is 5.92 Å². The van der Waals surface area contributed by atoms with Gasteiger partial charge in [0.2, 0.25) is 0 Å². The lowest BCUT2D eigenvalue weighted by Crippen LogP contribution is -2.20. The van der Waals surface area contributed by atoms with Gasteiger partial charge in [0.25, 0.3) is 0 Å². The molecule has 1 aromatic carbocycles. The third kappa shape index (κ3) is 3.74. The Bertz CT molecular complexity index is 385. The largest absolute Gasteiger partial charge is 0.493 e. The smallest absolute Gasteiger partial charge is 0.124 e. The van der Waals surface area contributed by atoms with E-state index in [0.29, 0.717) is 6.04 Å². The van der Waals surface area contributed by atoms with Gasteiger partial charge < -0.3 is 10.1 Å². The molecular formula is C16H25NO. The zero-order valence-electron chi connectivity index (χ0n) is 11.8. The molecule has 18 heavy (non-hydrogen) atoms. The Morgan fingerprint density at radius 1 is 1.39 bits per heavy atom. The number of rotatable bonds is 7. The van der Waals surface area contributed by atoms with Gasteiger partial charge in [-0.3, -0.25) is 0 Å². The minimum atomic E-state index is 0.360. The van der Waals surface area contributed by atoms with E-state index in [9.17, 15) is 0 Å². The van der Waals surface area contributed by atoms with Crippen LogP contribution in [0.5, 0.6) is 5.75 Å². The van der Waals surface area contributed by atoms with Crippen LogP contribution < -0.4 is 10.1 Å². The first-order valence-electron chi connectivity index (χ1n) is 7.17. The van der Waals surface area contributed by atoms with E-state index < -0.39 is 0 Å². The van der Waals surface area contributed by atoms with Crippen molar-refractivity contribution >= 4 is 0 Å². The van der Waals surface area contributed by atoms with Crippen LogP contribution >= 0.6 is 0 Å². The van der Waals surface area contributed by atoms with Gasteiger partial charge in [0, 0.05) is 11.6 Å². The number of hydrogen-bond acceptors (Lipinski definition) is 2. The first-order chi connectivity index (χ1) is 8.70. The quantitative estimate of drug-likeness (QED) is 0.790. The first kappa shape index (κ1) is 13.4. The third-order valence-corrected chi connectivity index (χ3v) is 3.50. The van der Waals surface area contributed by atoms with Gasteiger partial charge in [0.15, 0.2) is 0 Å². The molecule has 1 aromatic rings. The third-order valence-electron chi connectivity index (χ3n) is 3.50. The van der Waals surface area contributed by atoms with Crippen LogP contribution in [0.2, 0.25) is 0 Å². The Hall–Kier alpha value is -1.02. The fourth-order valence-corrected chi connectivity index (χ4v) is 2.10. The van der Waals surface area contributed by atoms with Gasteiger partial charge in [-0.25, -0.2) is 0 Å². The topological polar surface area (TPSA) is 21.3 Å². The van der Waals surface area contributed by atoms with Gasteiger partial charge in [-0.05, 0) is 51.6 Å². The molecule has 0 amide bonds. The van der Waals surface area contributed by atoms with Crippen LogP contribution in [-0.2, 0) is 0 Å². The molecule has 0 aliphatic heterocycles. The normalized spacial score (nSPS) is 16.6. The second-order valence-electron chi connectivity index (χ2n) is 5.47. The number of nitrogens with one attached hydrogen (secondary N) is 1. The highest BCUT2D eigenvalue weighted by molar-refractivity contribution is 5.39. The minimum Gasteiger partial charge on any atom is -0.493 e. The van der Waals surface area contributed by atoms with Crippen LogP contribution in [0.25, 0.3) is 0 Å². The molecule has 1 aliphatic carbocycles. The SMILES string of the molecule is CCCNC(C)c1cc(C)ccc1OCC1CC1. The summed E-state index contributed by atoms with van der Waals surface area (Å²) in [5.41, 5.74) is 2.60. The summed E-state index contributed by atoms with van der Waals surface area (Å²) in [4.78, 5) is 0. The summed E-state index contributed by atoms with van der Waals surface area (Å²) in [6.07, 6.45) is 3.84. The standard InChI is InChI=1S/C16H25NO/c1-4-9-17-13(3)15-10-12(2)5-8-16(15)18-11-14-6-7-14/h5,8,10,13-14,17H,4,6-7,9,11H2,1-3H3. The molecule has 1 fully saturated rings. The summed E-state index contributed by atoms with van der Waals surface area (Å²) in [6.45, 7) is 8.49. The van der Waals surface area contributed by atoms with Crippen LogP contribution in [0, 0.1) is 12.8 Å².